The largest absolute Gasteiger partial charge is 0.493 e. The third-order valence-corrected chi connectivity index (χ3v) is 4.83. The second-order valence-corrected chi connectivity index (χ2v) is 7.17. The Morgan fingerprint density at radius 3 is 2.60 bits per heavy atom. The van der Waals surface area contributed by atoms with Gasteiger partial charge < -0.3 is 14.8 Å². The molecule has 1 aliphatic heterocycles. The first kappa shape index (κ1) is 21.1. The van der Waals surface area contributed by atoms with Gasteiger partial charge in [0.25, 0.3) is 11.6 Å². The molecule has 0 unspecified atom stereocenters. The number of methoxy groups -OCH3 is 1. The summed E-state index contributed by atoms with van der Waals surface area (Å²) in [6.07, 6.45) is 1.65. The van der Waals surface area contributed by atoms with Crippen LogP contribution < -0.4 is 14.8 Å². The molecule has 3 rings (SSSR count). The molecule has 2 aromatic carbocycles. The average Bonchev–Trinajstić information content (AvgIpc) is 3.05. The molecule has 0 aromatic heterocycles. The number of aliphatic imine (C=N–C) groups is 1. The van der Waals surface area contributed by atoms with Gasteiger partial charge in [-0.15, -0.1) is 0 Å². The van der Waals surface area contributed by atoms with Crippen molar-refractivity contribution < 1.29 is 24.0 Å². The van der Waals surface area contributed by atoms with Crippen LogP contribution in [0.25, 0.3) is 6.08 Å². The number of hydrogen-bond acceptors (Lipinski definition) is 7. The maximum atomic E-state index is 12.0. The summed E-state index contributed by atoms with van der Waals surface area (Å²) in [4.78, 5) is 37.5. The van der Waals surface area contributed by atoms with Crippen molar-refractivity contribution >= 4 is 40.5 Å². The molecule has 0 radical (unpaired) electrons. The second-order valence-electron chi connectivity index (χ2n) is 6.14. The summed E-state index contributed by atoms with van der Waals surface area (Å²) >= 11 is 1.08. The van der Waals surface area contributed by atoms with E-state index in [1.165, 1.54) is 26.2 Å². The molecule has 0 aliphatic carbocycles. The molecule has 1 heterocycles. The number of nitrogens with zero attached hydrogens (tertiary/aromatic N) is 2. The number of rotatable bonds is 6. The van der Waals surface area contributed by atoms with Gasteiger partial charge in [0.1, 0.15) is 6.61 Å². The van der Waals surface area contributed by atoms with Crippen molar-refractivity contribution in [3.63, 3.8) is 0 Å². The molecule has 2 aromatic rings. The molecule has 0 spiro atoms. The summed E-state index contributed by atoms with van der Waals surface area (Å²) in [5.41, 5.74) is 1.48. The number of thioether (sulfide) groups is 1. The second kappa shape index (κ2) is 9.23. The number of nitro benzene ring substituents is 1. The third-order valence-electron chi connectivity index (χ3n) is 3.93. The Kier molecular flexibility index (Phi) is 6.48. The highest BCUT2D eigenvalue weighted by molar-refractivity contribution is 8.18. The molecule has 0 saturated carbocycles. The zero-order valence-corrected chi connectivity index (χ0v) is 16.9. The minimum absolute atomic E-state index is 0.0127. The SMILES string of the molecule is COc1cc(/C=C2\SC(NC(C)=O)=NC2=O)ccc1OCc1ccc([N+](=O)[O-])cc1. The van der Waals surface area contributed by atoms with E-state index in [4.69, 9.17) is 9.47 Å². The van der Waals surface area contributed by atoms with Gasteiger partial charge in [0.15, 0.2) is 16.7 Å². The lowest BCUT2D eigenvalue weighted by molar-refractivity contribution is -0.384. The van der Waals surface area contributed by atoms with E-state index in [0.29, 0.717) is 22.0 Å². The van der Waals surface area contributed by atoms with Gasteiger partial charge >= 0.3 is 0 Å². The molecular formula is C20H17N3O6S. The van der Waals surface area contributed by atoms with Crippen molar-refractivity contribution in [3.05, 3.63) is 68.6 Å². The molecule has 1 aliphatic rings. The van der Waals surface area contributed by atoms with E-state index in [2.05, 4.69) is 10.3 Å². The smallest absolute Gasteiger partial charge is 0.286 e. The van der Waals surface area contributed by atoms with Crippen molar-refractivity contribution in [1.82, 2.24) is 5.32 Å². The zero-order valence-electron chi connectivity index (χ0n) is 16.1. The normalized spacial score (nSPS) is 14.4. The first-order valence-corrected chi connectivity index (χ1v) is 9.51. The predicted octanol–water partition coefficient (Wildman–Crippen LogP) is 3.29. The zero-order chi connectivity index (χ0) is 21.7. The van der Waals surface area contributed by atoms with Crippen molar-refractivity contribution in [2.45, 2.75) is 13.5 Å². The number of amidine groups is 1. The van der Waals surface area contributed by atoms with Crippen LogP contribution in [0.15, 0.2) is 52.4 Å². The summed E-state index contributed by atoms with van der Waals surface area (Å²) in [7, 11) is 1.50. The van der Waals surface area contributed by atoms with Crippen LogP contribution in [0.1, 0.15) is 18.1 Å². The molecule has 0 saturated heterocycles. The molecule has 1 N–H and O–H groups in total. The monoisotopic (exact) mass is 427 g/mol. The Bertz CT molecular complexity index is 1060. The van der Waals surface area contributed by atoms with E-state index in [9.17, 15) is 19.7 Å². The van der Waals surface area contributed by atoms with Gasteiger partial charge in [-0.3, -0.25) is 19.7 Å². The molecular weight excluding hydrogens is 410 g/mol. The van der Waals surface area contributed by atoms with E-state index in [-0.39, 0.29) is 23.4 Å². The van der Waals surface area contributed by atoms with Crippen LogP contribution in [-0.4, -0.2) is 29.0 Å². The number of benzene rings is 2. The molecule has 154 valence electrons. The Hall–Kier alpha value is -3.66. The number of carbonyl (C=O) groups is 2. The van der Waals surface area contributed by atoms with E-state index in [0.717, 1.165) is 17.3 Å². The fourth-order valence-electron chi connectivity index (χ4n) is 2.53. The van der Waals surface area contributed by atoms with Crippen LogP contribution in [0, 0.1) is 10.1 Å². The number of nitro groups is 1. The summed E-state index contributed by atoms with van der Waals surface area (Å²) in [6.45, 7) is 1.55. The van der Waals surface area contributed by atoms with E-state index in [1.54, 1.807) is 36.4 Å². The minimum Gasteiger partial charge on any atom is -0.493 e. The third kappa shape index (κ3) is 5.23. The molecule has 2 amide bonds. The number of ether oxygens (including phenoxy) is 2. The number of hydrogen-bond donors (Lipinski definition) is 1. The van der Waals surface area contributed by atoms with Gasteiger partial charge in [0, 0.05) is 19.1 Å². The van der Waals surface area contributed by atoms with E-state index in [1.807, 2.05) is 0 Å². The van der Waals surface area contributed by atoms with Gasteiger partial charge in [-0.1, -0.05) is 6.07 Å². The maximum absolute atomic E-state index is 12.0. The molecule has 0 atom stereocenters. The van der Waals surface area contributed by atoms with Gasteiger partial charge in [-0.25, -0.2) is 0 Å². The Morgan fingerprint density at radius 1 is 1.23 bits per heavy atom. The fourth-order valence-corrected chi connectivity index (χ4v) is 3.39. The Balaban J connectivity index is 1.70. The molecule has 0 fully saturated rings. The highest BCUT2D eigenvalue weighted by atomic mass is 32.2. The van der Waals surface area contributed by atoms with Crippen LogP contribution in [0.4, 0.5) is 5.69 Å². The lowest BCUT2D eigenvalue weighted by atomic mass is 10.2. The highest BCUT2D eigenvalue weighted by Gasteiger charge is 2.22. The van der Waals surface area contributed by atoms with Gasteiger partial charge in [-0.05, 0) is 53.2 Å². The van der Waals surface area contributed by atoms with Crippen LogP contribution in [0.5, 0.6) is 11.5 Å². The quantitative estimate of drug-likeness (QED) is 0.427. The van der Waals surface area contributed by atoms with Gasteiger partial charge in [0.05, 0.1) is 16.9 Å². The lowest BCUT2D eigenvalue weighted by Gasteiger charge is -2.11. The van der Waals surface area contributed by atoms with Crippen molar-refractivity contribution in [2.24, 2.45) is 4.99 Å². The topological polar surface area (TPSA) is 120 Å². The van der Waals surface area contributed by atoms with Crippen molar-refractivity contribution in [1.29, 1.82) is 0 Å². The number of amides is 2. The Morgan fingerprint density at radius 2 is 1.97 bits per heavy atom. The number of non-ortho nitro benzene ring substituents is 1. The van der Waals surface area contributed by atoms with E-state index >= 15 is 0 Å². The van der Waals surface area contributed by atoms with Crippen LogP contribution >= 0.6 is 11.8 Å². The average molecular weight is 427 g/mol. The summed E-state index contributed by atoms with van der Waals surface area (Å²) in [5, 5.41) is 13.5. The van der Waals surface area contributed by atoms with Gasteiger partial charge in [0.2, 0.25) is 5.91 Å². The molecule has 10 heteroatoms. The van der Waals surface area contributed by atoms with E-state index < -0.39 is 10.8 Å². The summed E-state index contributed by atoms with van der Waals surface area (Å²) < 4.78 is 11.1. The first-order chi connectivity index (χ1) is 14.4. The minimum atomic E-state index is -0.460. The van der Waals surface area contributed by atoms with Crippen LogP contribution in [0.2, 0.25) is 0 Å². The number of carbonyl (C=O) groups excluding carboxylic acids is 2. The number of nitrogens with one attached hydrogen (secondary N) is 1. The standard InChI is InChI=1S/C20H17N3O6S/c1-12(24)21-20-22-19(25)18(30-20)10-14-5-8-16(17(9-14)28-2)29-11-13-3-6-15(7-4-13)23(26)27/h3-10H,11H2,1-2H3,(H,21,22,24,25)/b18-10-. The van der Waals surface area contributed by atoms with Crippen LogP contribution in [-0.2, 0) is 16.2 Å². The Labute approximate surface area is 175 Å². The predicted molar refractivity (Wildman–Crippen MR) is 112 cm³/mol. The maximum Gasteiger partial charge on any atom is 0.286 e. The first-order valence-electron chi connectivity index (χ1n) is 8.70. The molecule has 0 bridgehead atoms. The van der Waals surface area contributed by atoms with Crippen molar-refractivity contribution in [3.8, 4) is 11.5 Å². The van der Waals surface area contributed by atoms with Gasteiger partial charge in [-0.2, -0.15) is 4.99 Å². The summed E-state index contributed by atoms with van der Waals surface area (Å²) in [5.74, 6) is 0.219. The summed E-state index contributed by atoms with van der Waals surface area (Å²) in [6, 6.07) is 11.2. The van der Waals surface area contributed by atoms with Crippen LogP contribution in [0.3, 0.4) is 0 Å². The molecule has 9 nitrogen and oxygen atoms in total. The fraction of sp³-hybridized carbons (Fsp3) is 0.150. The molecule has 30 heavy (non-hydrogen) atoms. The lowest BCUT2D eigenvalue weighted by Crippen LogP contribution is -2.23. The highest BCUT2D eigenvalue weighted by Crippen LogP contribution is 2.32. The van der Waals surface area contributed by atoms with Crippen molar-refractivity contribution in [2.75, 3.05) is 7.11 Å².